The maximum Gasteiger partial charge on any atom is 0.135 e. The Labute approximate surface area is 118 Å². The number of rotatable bonds is 2. The Kier molecular flexibility index (Phi) is 3.02. The highest BCUT2D eigenvalue weighted by atomic mass is 32.1. The van der Waals surface area contributed by atoms with Gasteiger partial charge in [0.05, 0.1) is 12.7 Å². The fraction of sp³-hybridized carbons (Fsp3) is 0.375. The average Bonchev–Trinajstić information content (AvgIpc) is 2.89. The Morgan fingerprint density at radius 1 is 1.26 bits per heavy atom. The number of aryl methyl sites for hydroxylation is 1. The van der Waals surface area contributed by atoms with E-state index in [0.29, 0.717) is 0 Å². The summed E-state index contributed by atoms with van der Waals surface area (Å²) in [4.78, 5) is 1.20. The number of hydrogen-bond donors (Lipinski definition) is 0. The molecule has 0 saturated heterocycles. The van der Waals surface area contributed by atoms with Crippen molar-refractivity contribution in [2.75, 3.05) is 7.11 Å². The second-order valence-electron chi connectivity index (χ2n) is 5.47. The Bertz CT molecular complexity index is 585. The van der Waals surface area contributed by atoms with E-state index in [1.54, 1.807) is 18.4 Å². The standard InChI is InChI=1S/C16H18O2S/c1-16(2)9-8-11-6-7-12(17-3)14(15(11)18-16)13-5-4-10-19-13/h4-7,10H,8-9H2,1-3H3. The highest BCUT2D eigenvalue weighted by molar-refractivity contribution is 7.13. The number of hydrogen-bond acceptors (Lipinski definition) is 3. The second-order valence-corrected chi connectivity index (χ2v) is 6.42. The van der Waals surface area contributed by atoms with E-state index in [9.17, 15) is 0 Å². The molecular formula is C16H18O2S. The molecule has 3 rings (SSSR count). The molecule has 2 heterocycles. The van der Waals surface area contributed by atoms with Gasteiger partial charge in [0.1, 0.15) is 17.1 Å². The summed E-state index contributed by atoms with van der Waals surface area (Å²) in [7, 11) is 1.72. The van der Waals surface area contributed by atoms with Crippen molar-refractivity contribution in [3.8, 4) is 21.9 Å². The van der Waals surface area contributed by atoms with E-state index in [1.807, 2.05) is 0 Å². The largest absolute Gasteiger partial charge is 0.496 e. The van der Waals surface area contributed by atoms with Gasteiger partial charge in [0.25, 0.3) is 0 Å². The lowest BCUT2D eigenvalue weighted by Gasteiger charge is -2.34. The molecule has 0 spiro atoms. The summed E-state index contributed by atoms with van der Waals surface area (Å²) in [6.07, 6.45) is 2.11. The third kappa shape index (κ3) is 2.23. The normalized spacial score (nSPS) is 16.6. The zero-order chi connectivity index (χ0) is 13.5. The summed E-state index contributed by atoms with van der Waals surface area (Å²) in [6.45, 7) is 4.29. The predicted octanol–water partition coefficient (Wildman–Crippen LogP) is 4.53. The van der Waals surface area contributed by atoms with Crippen LogP contribution in [0.1, 0.15) is 25.8 Å². The van der Waals surface area contributed by atoms with Crippen molar-refractivity contribution < 1.29 is 9.47 Å². The third-order valence-corrected chi connectivity index (χ3v) is 4.45. The van der Waals surface area contributed by atoms with Crippen molar-refractivity contribution in [3.63, 3.8) is 0 Å². The van der Waals surface area contributed by atoms with Crippen LogP contribution in [0.2, 0.25) is 0 Å². The van der Waals surface area contributed by atoms with E-state index in [-0.39, 0.29) is 5.60 Å². The van der Waals surface area contributed by atoms with Crippen LogP contribution in [0.25, 0.3) is 10.4 Å². The van der Waals surface area contributed by atoms with Gasteiger partial charge in [-0.2, -0.15) is 0 Å². The number of benzene rings is 1. The van der Waals surface area contributed by atoms with E-state index in [2.05, 4.69) is 43.5 Å². The summed E-state index contributed by atoms with van der Waals surface area (Å²) in [6, 6.07) is 8.36. The van der Waals surface area contributed by atoms with E-state index in [4.69, 9.17) is 9.47 Å². The molecule has 0 saturated carbocycles. The Hall–Kier alpha value is -1.48. The SMILES string of the molecule is COc1ccc2c(c1-c1cccs1)OC(C)(C)CC2. The topological polar surface area (TPSA) is 18.5 Å². The van der Waals surface area contributed by atoms with Crippen molar-refractivity contribution in [1.82, 2.24) is 0 Å². The molecule has 0 unspecified atom stereocenters. The van der Waals surface area contributed by atoms with E-state index in [1.165, 1.54) is 10.4 Å². The summed E-state index contributed by atoms with van der Waals surface area (Å²) in [5.74, 6) is 1.89. The maximum absolute atomic E-state index is 6.24. The molecule has 0 atom stereocenters. The van der Waals surface area contributed by atoms with E-state index in [0.717, 1.165) is 29.9 Å². The molecule has 2 aromatic rings. The molecule has 1 aliphatic heterocycles. The van der Waals surface area contributed by atoms with E-state index >= 15 is 0 Å². The molecule has 1 aromatic heterocycles. The first-order chi connectivity index (χ1) is 9.11. The maximum atomic E-state index is 6.24. The summed E-state index contributed by atoms with van der Waals surface area (Å²) in [5, 5.41) is 2.09. The number of thiophene rings is 1. The predicted molar refractivity (Wildman–Crippen MR) is 79.3 cm³/mol. The van der Waals surface area contributed by atoms with Crippen LogP contribution in [0.15, 0.2) is 29.6 Å². The molecule has 1 aliphatic rings. The van der Waals surface area contributed by atoms with Crippen LogP contribution < -0.4 is 9.47 Å². The first-order valence-corrected chi connectivity index (χ1v) is 7.41. The van der Waals surface area contributed by atoms with Gasteiger partial charge in [0, 0.05) is 4.88 Å². The zero-order valence-electron chi connectivity index (χ0n) is 11.5. The van der Waals surface area contributed by atoms with Gasteiger partial charge < -0.3 is 9.47 Å². The van der Waals surface area contributed by atoms with Crippen molar-refractivity contribution >= 4 is 11.3 Å². The van der Waals surface area contributed by atoms with Crippen LogP contribution in [0, 0.1) is 0 Å². The summed E-state index contributed by atoms with van der Waals surface area (Å²) >= 11 is 1.72. The Morgan fingerprint density at radius 2 is 2.11 bits per heavy atom. The number of methoxy groups -OCH3 is 1. The molecule has 0 aliphatic carbocycles. The van der Waals surface area contributed by atoms with Gasteiger partial charge in [0.15, 0.2) is 0 Å². The molecule has 0 N–H and O–H groups in total. The highest BCUT2D eigenvalue weighted by Gasteiger charge is 2.30. The van der Waals surface area contributed by atoms with Gasteiger partial charge in [0.2, 0.25) is 0 Å². The van der Waals surface area contributed by atoms with Gasteiger partial charge in [-0.25, -0.2) is 0 Å². The lowest BCUT2D eigenvalue weighted by atomic mass is 9.92. The van der Waals surface area contributed by atoms with Gasteiger partial charge in [-0.1, -0.05) is 12.1 Å². The number of ether oxygens (including phenoxy) is 2. The van der Waals surface area contributed by atoms with E-state index < -0.39 is 0 Å². The van der Waals surface area contributed by atoms with Crippen LogP contribution in [-0.2, 0) is 6.42 Å². The molecule has 0 bridgehead atoms. The zero-order valence-corrected chi connectivity index (χ0v) is 12.3. The lowest BCUT2D eigenvalue weighted by Crippen LogP contribution is -2.32. The van der Waals surface area contributed by atoms with Crippen molar-refractivity contribution in [1.29, 1.82) is 0 Å². The summed E-state index contributed by atoms with van der Waals surface area (Å²) < 4.78 is 11.8. The Morgan fingerprint density at radius 3 is 2.79 bits per heavy atom. The van der Waals surface area contributed by atoms with Gasteiger partial charge in [-0.05, 0) is 49.8 Å². The fourth-order valence-electron chi connectivity index (χ4n) is 2.51. The second kappa shape index (κ2) is 4.57. The first kappa shape index (κ1) is 12.5. The Balaban J connectivity index is 2.20. The minimum absolute atomic E-state index is 0.106. The third-order valence-electron chi connectivity index (χ3n) is 3.56. The van der Waals surface area contributed by atoms with Crippen molar-refractivity contribution in [2.24, 2.45) is 0 Å². The molecule has 2 nitrogen and oxygen atoms in total. The van der Waals surface area contributed by atoms with Crippen LogP contribution in [0.5, 0.6) is 11.5 Å². The molecule has 0 amide bonds. The molecule has 100 valence electrons. The number of fused-ring (bicyclic) bond motifs is 1. The van der Waals surface area contributed by atoms with Crippen molar-refractivity contribution in [3.05, 3.63) is 35.2 Å². The molecule has 19 heavy (non-hydrogen) atoms. The summed E-state index contributed by atoms with van der Waals surface area (Å²) in [5.41, 5.74) is 2.28. The van der Waals surface area contributed by atoms with Gasteiger partial charge in [-0.15, -0.1) is 11.3 Å². The quantitative estimate of drug-likeness (QED) is 0.801. The van der Waals surface area contributed by atoms with Gasteiger partial charge >= 0.3 is 0 Å². The molecule has 0 radical (unpaired) electrons. The van der Waals surface area contributed by atoms with Crippen LogP contribution >= 0.6 is 11.3 Å². The fourth-order valence-corrected chi connectivity index (χ4v) is 3.28. The minimum atomic E-state index is -0.106. The first-order valence-electron chi connectivity index (χ1n) is 6.53. The van der Waals surface area contributed by atoms with Crippen LogP contribution in [0.4, 0.5) is 0 Å². The monoisotopic (exact) mass is 274 g/mol. The van der Waals surface area contributed by atoms with Gasteiger partial charge in [-0.3, -0.25) is 0 Å². The van der Waals surface area contributed by atoms with Crippen molar-refractivity contribution in [2.45, 2.75) is 32.3 Å². The molecular weight excluding hydrogens is 256 g/mol. The lowest BCUT2D eigenvalue weighted by molar-refractivity contribution is 0.0852. The van der Waals surface area contributed by atoms with Crippen LogP contribution in [0.3, 0.4) is 0 Å². The molecule has 1 aromatic carbocycles. The minimum Gasteiger partial charge on any atom is -0.496 e. The molecule has 3 heteroatoms. The average molecular weight is 274 g/mol. The molecule has 0 fully saturated rings. The smallest absolute Gasteiger partial charge is 0.135 e. The highest BCUT2D eigenvalue weighted by Crippen LogP contribution is 2.46. The van der Waals surface area contributed by atoms with Crippen LogP contribution in [-0.4, -0.2) is 12.7 Å².